The summed E-state index contributed by atoms with van der Waals surface area (Å²) in [5, 5.41) is 17.7. The molecule has 2 rings (SSSR count). The van der Waals surface area contributed by atoms with Crippen LogP contribution in [0.25, 0.3) is 0 Å². The van der Waals surface area contributed by atoms with E-state index >= 15 is 0 Å². The van der Waals surface area contributed by atoms with Crippen molar-refractivity contribution in [3.8, 4) is 11.8 Å². The third-order valence-electron chi connectivity index (χ3n) is 2.66. The number of hydrogen-bond donors (Lipinski definition) is 1. The van der Waals surface area contributed by atoms with Crippen molar-refractivity contribution in [1.82, 2.24) is 0 Å². The molecule has 0 saturated carbocycles. The molecule has 0 aliphatic heterocycles. The van der Waals surface area contributed by atoms with Crippen LogP contribution in [0.2, 0.25) is 0 Å². The summed E-state index contributed by atoms with van der Waals surface area (Å²) in [6.07, 6.45) is 0. The number of ether oxygens (including phenoxy) is 1. The molecule has 2 aromatic carbocycles. The second kappa shape index (κ2) is 6.22. The second-order valence-corrected chi connectivity index (χ2v) is 4.90. The summed E-state index contributed by atoms with van der Waals surface area (Å²) in [5.74, 6) is -0.532. The summed E-state index contributed by atoms with van der Waals surface area (Å²) in [6, 6.07) is 13.7. The number of carbonyl (C=O) groups is 1. The highest BCUT2D eigenvalue weighted by atomic mass is 79.9. The molecule has 0 unspecified atom stereocenters. The van der Waals surface area contributed by atoms with Crippen LogP contribution in [-0.2, 0) is 6.61 Å². The van der Waals surface area contributed by atoms with Crippen LogP contribution in [-0.4, -0.2) is 11.1 Å². The van der Waals surface area contributed by atoms with E-state index in [1.165, 1.54) is 12.1 Å². The third kappa shape index (κ3) is 3.37. The van der Waals surface area contributed by atoms with Gasteiger partial charge in [-0.05, 0) is 51.8 Å². The molecule has 0 fully saturated rings. The fraction of sp³-hybridized carbons (Fsp3) is 0.0667. The summed E-state index contributed by atoms with van der Waals surface area (Å²) in [7, 11) is 0. The smallest absolute Gasteiger partial charge is 0.335 e. The molecule has 0 amide bonds. The van der Waals surface area contributed by atoms with Crippen LogP contribution in [0.1, 0.15) is 21.5 Å². The van der Waals surface area contributed by atoms with Crippen molar-refractivity contribution < 1.29 is 14.6 Å². The van der Waals surface area contributed by atoms with Gasteiger partial charge in [0.2, 0.25) is 0 Å². The zero-order valence-corrected chi connectivity index (χ0v) is 11.9. The first-order chi connectivity index (χ1) is 9.60. The third-order valence-corrected chi connectivity index (χ3v) is 3.31. The minimum atomic E-state index is -0.999. The van der Waals surface area contributed by atoms with E-state index < -0.39 is 5.97 Å². The average molecular weight is 332 g/mol. The highest BCUT2D eigenvalue weighted by molar-refractivity contribution is 9.10. The lowest BCUT2D eigenvalue weighted by atomic mass is 10.1. The first kappa shape index (κ1) is 14.1. The Balaban J connectivity index is 2.12. The van der Waals surface area contributed by atoms with Crippen molar-refractivity contribution in [1.29, 1.82) is 5.26 Å². The molecule has 0 aliphatic carbocycles. The van der Waals surface area contributed by atoms with Gasteiger partial charge in [-0.1, -0.05) is 12.1 Å². The summed E-state index contributed by atoms with van der Waals surface area (Å²) in [4.78, 5) is 10.9. The van der Waals surface area contributed by atoms with Gasteiger partial charge in [0.1, 0.15) is 12.4 Å². The highest BCUT2D eigenvalue weighted by Gasteiger charge is 2.08. The van der Waals surface area contributed by atoms with Gasteiger partial charge in [0, 0.05) is 0 Å². The monoisotopic (exact) mass is 331 g/mol. The first-order valence-corrected chi connectivity index (χ1v) is 6.54. The van der Waals surface area contributed by atoms with Crippen LogP contribution in [0.5, 0.6) is 5.75 Å². The molecule has 0 radical (unpaired) electrons. The van der Waals surface area contributed by atoms with Gasteiger partial charge in [-0.25, -0.2) is 4.79 Å². The van der Waals surface area contributed by atoms with Crippen LogP contribution in [0, 0.1) is 11.3 Å². The second-order valence-electron chi connectivity index (χ2n) is 4.05. The van der Waals surface area contributed by atoms with Crippen LogP contribution >= 0.6 is 15.9 Å². The number of benzene rings is 2. The predicted molar refractivity (Wildman–Crippen MR) is 76.6 cm³/mol. The Labute approximate surface area is 124 Å². The van der Waals surface area contributed by atoms with E-state index in [4.69, 9.17) is 15.1 Å². The van der Waals surface area contributed by atoms with Gasteiger partial charge in [0.15, 0.2) is 0 Å². The maximum absolute atomic E-state index is 10.9. The molecule has 0 heterocycles. The highest BCUT2D eigenvalue weighted by Crippen LogP contribution is 2.27. The lowest BCUT2D eigenvalue weighted by Crippen LogP contribution is -2.00. The van der Waals surface area contributed by atoms with Crippen molar-refractivity contribution in [3.05, 3.63) is 63.6 Å². The quantitative estimate of drug-likeness (QED) is 0.929. The first-order valence-electron chi connectivity index (χ1n) is 5.75. The molecule has 2 aromatic rings. The Kier molecular flexibility index (Phi) is 4.38. The molecule has 4 nitrogen and oxygen atoms in total. The number of rotatable bonds is 4. The molecular weight excluding hydrogens is 322 g/mol. The Morgan fingerprint density at radius 1 is 1.25 bits per heavy atom. The Morgan fingerprint density at radius 3 is 2.55 bits per heavy atom. The van der Waals surface area contributed by atoms with Gasteiger partial charge in [-0.3, -0.25) is 0 Å². The standard InChI is InChI=1S/C15H10BrNO3/c16-13-6-5-12(15(18)19)7-14(13)20-9-11-3-1-10(8-17)2-4-11/h1-7H,9H2,(H,18,19). The van der Waals surface area contributed by atoms with E-state index in [9.17, 15) is 4.79 Å². The number of aromatic carboxylic acids is 1. The van der Waals surface area contributed by atoms with Crippen LogP contribution in [0.15, 0.2) is 46.9 Å². The van der Waals surface area contributed by atoms with Crippen molar-refractivity contribution in [2.75, 3.05) is 0 Å². The minimum absolute atomic E-state index is 0.169. The van der Waals surface area contributed by atoms with E-state index in [2.05, 4.69) is 15.9 Å². The van der Waals surface area contributed by atoms with Crippen molar-refractivity contribution >= 4 is 21.9 Å². The number of carboxylic acids is 1. The number of carboxylic acid groups (broad SMARTS) is 1. The van der Waals surface area contributed by atoms with Gasteiger partial charge < -0.3 is 9.84 Å². The van der Waals surface area contributed by atoms with E-state index in [1.54, 1.807) is 30.3 Å². The van der Waals surface area contributed by atoms with Gasteiger partial charge in [-0.2, -0.15) is 5.26 Å². The largest absolute Gasteiger partial charge is 0.488 e. The van der Waals surface area contributed by atoms with E-state index in [0.717, 1.165) is 5.56 Å². The molecule has 0 saturated heterocycles. The summed E-state index contributed by atoms with van der Waals surface area (Å²) in [5.41, 5.74) is 1.66. The molecule has 1 N–H and O–H groups in total. The van der Waals surface area contributed by atoms with Crippen LogP contribution in [0.4, 0.5) is 0 Å². The predicted octanol–water partition coefficient (Wildman–Crippen LogP) is 3.60. The molecule has 20 heavy (non-hydrogen) atoms. The maximum atomic E-state index is 10.9. The van der Waals surface area contributed by atoms with E-state index in [1.807, 2.05) is 6.07 Å². The molecular formula is C15H10BrNO3. The van der Waals surface area contributed by atoms with Gasteiger partial charge >= 0.3 is 5.97 Å². The zero-order valence-electron chi connectivity index (χ0n) is 10.3. The molecule has 5 heteroatoms. The fourth-order valence-corrected chi connectivity index (χ4v) is 1.94. The van der Waals surface area contributed by atoms with Crippen molar-refractivity contribution in [2.24, 2.45) is 0 Å². The summed E-state index contributed by atoms with van der Waals surface area (Å²) in [6.45, 7) is 0.299. The molecule has 0 bridgehead atoms. The van der Waals surface area contributed by atoms with Gasteiger partial charge in [0.05, 0.1) is 21.7 Å². The summed E-state index contributed by atoms with van der Waals surface area (Å²) >= 11 is 3.31. The van der Waals surface area contributed by atoms with Gasteiger partial charge in [0.25, 0.3) is 0 Å². The van der Waals surface area contributed by atoms with Crippen molar-refractivity contribution in [3.63, 3.8) is 0 Å². The lowest BCUT2D eigenvalue weighted by molar-refractivity contribution is 0.0696. The molecule has 0 aliphatic rings. The topological polar surface area (TPSA) is 70.3 Å². The van der Waals surface area contributed by atoms with E-state index in [-0.39, 0.29) is 5.56 Å². The number of nitriles is 1. The SMILES string of the molecule is N#Cc1ccc(COc2cc(C(=O)O)ccc2Br)cc1. The van der Waals surface area contributed by atoms with E-state index in [0.29, 0.717) is 22.4 Å². The fourth-order valence-electron chi connectivity index (χ4n) is 1.58. The Morgan fingerprint density at radius 2 is 1.95 bits per heavy atom. The summed E-state index contributed by atoms with van der Waals surface area (Å²) < 4.78 is 6.28. The van der Waals surface area contributed by atoms with Crippen LogP contribution < -0.4 is 4.74 Å². The molecule has 0 aromatic heterocycles. The Bertz CT molecular complexity index is 675. The zero-order chi connectivity index (χ0) is 14.5. The van der Waals surface area contributed by atoms with Gasteiger partial charge in [-0.15, -0.1) is 0 Å². The molecule has 0 atom stereocenters. The van der Waals surface area contributed by atoms with Crippen LogP contribution in [0.3, 0.4) is 0 Å². The minimum Gasteiger partial charge on any atom is -0.488 e. The maximum Gasteiger partial charge on any atom is 0.335 e. The normalized spacial score (nSPS) is 9.80. The number of hydrogen-bond acceptors (Lipinski definition) is 3. The lowest BCUT2D eigenvalue weighted by Gasteiger charge is -2.09. The average Bonchev–Trinajstić information content (AvgIpc) is 2.46. The number of halogens is 1. The molecule has 0 spiro atoms. The number of nitrogens with zero attached hydrogens (tertiary/aromatic N) is 1. The Hall–Kier alpha value is -2.32. The van der Waals surface area contributed by atoms with Crippen molar-refractivity contribution in [2.45, 2.75) is 6.61 Å². The molecule has 100 valence electrons.